The van der Waals surface area contributed by atoms with E-state index in [1.54, 1.807) is 0 Å². The van der Waals surface area contributed by atoms with Crippen molar-refractivity contribution < 1.29 is 0 Å². The fourth-order valence-electron chi connectivity index (χ4n) is 1.71. The van der Waals surface area contributed by atoms with Crippen LogP contribution < -0.4 is 5.56 Å². The number of fused-ring (bicyclic) bond motifs is 1. The number of H-pyrrole nitrogens is 1. The molecule has 0 atom stereocenters. The van der Waals surface area contributed by atoms with Gasteiger partial charge in [-0.3, -0.25) is 9.89 Å². The van der Waals surface area contributed by atoms with E-state index in [2.05, 4.69) is 15.1 Å². The van der Waals surface area contributed by atoms with Crippen molar-refractivity contribution >= 4 is 11.4 Å². The summed E-state index contributed by atoms with van der Waals surface area (Å²) < 4.78 is 1.34. The molecule has 1 aliphatic carbocycles. The first kappa shape index (κ1) is 9.77. The lowest BCUT2D eigenvalue weighted by atomic mass is 10.2. The quantitative estimate of drug-likeness (QED) is 0.797. The van der Waals surface area contributed by atoms with Crippen LogP contribution in [0.2, 0.25) is 0 Å². The molecule has 0 bridgehead atoms. The van der Waals surface area contributed by atoms with Crippen LogP contribution in [-0.2, 0) is 0 Å². The maximum Gasteiger partial charge on any atom is 0.273 e. The monoisotopic (exact) mass is 226 g/mol. The topological polar surface area (TPSA) is 63.0 Å². The van der Waals surface area contributed by atoms with Crippen LogP contribution in [0.3, 0.4) is 0 Å². The summed E-state index contributed by atoms with van der Waals surface area (Å²) in [6.07, 6.45) is 12.1. The molecule has 0 spiro atoms. The van der Waals surface area contributed by atoms with E-state index in [4.69, 9.17) is 0 Å². The zero-order chi connectivity index (χ0) is 11.7. The second-order valence-corrected chi connectivity index (χ2v) is 3.70. The van der Waals surface area contributed by atoms with Crippen molar-refractivity contribution in [1.29, 1.82) is 0 Å². The summed E-state index contributed by atoms with van der Waals surface area (Å²) in [5.74, 6) is 1.07. The van der Waals surface area contributed by atoms with E-state index in [9.17, 15) is 4.79 Å². The first-order chi connectivity index (χ1) is 8.34. The Kier molecular flexibility index (Phi) is 2.22. The Hall–Kier alpha value is -2.43. The predicted molar refractivity (Wildman–Crippen MR) is 64.5 cm³/mol. The first-order valence-corrected chi connectivity index (χ1v) is 5.31. The average Bonchev–Trinajstić information content (AvgIpc) is 2.59. The van der Waals surface area contributed by atoms with Gasteiger partial charge in [-0.1, -0.05) is 30.4 Å². The van der Waals surface area contributed by atoms with Crippen molar-refractivity contribution in [3.05, 3.63) is 58.8 Å². The standard InChI is InChI=1S/C12H10N4O/c17-10-7-8-13-12-14-11(15-16(10)12)9-5-3-1-2-4-6-9/h1-5,7-8H,6H2,(H,13,14,15). The molecule has 3 rings (SSSR count). The number of nitrogens with one attached hydrogen (secondary N) is 1. The summed E-state index contributed by atoms with van der Waals surface area (Å²) in [7, 11) is 0. The van der Waals surface area contributed by atoms with Gasteiger partial charge in [0.2, 0.25) is 0 Å². The zero-order valence-electron chi connectivity index (χ0n) is 9.00. The van der Waals surface area contributed by atoms with Gasteiger partial charge in [0.15, 0.2) is 5.82 Å². The Morgan fingerprint density at radius 3 is 3.12 bits per heavy atom. The molecule has 0 unspecified atom stereocenters. The number of aromatic amines is 1. The van der Waals surface area contributed by atoms with E-state index in [-0.39, 0.29) is 5.56 Å². The van der Waals surface area contributed by atoms with Crippen molar-refractivity contribution in [1.82, 2.24) is 19.6 Å². The molecule has 5 heteroatoms. The zero-order valence-corrected chi connectivity index (χ0v) is 9.00. The molecular formula is C12H10N4O. The van der Waals surface area contributed by atoms with Crippen LogP contribution in [0.4, 0.5) is 0 Å². The highest BCUT2D eigenvalue weighted by Gasteiger charge is 2.08. The van der Waals surface area contributed by atoms with E-state index in [0.717, 1.165) is 12.0 Å². The Balaban J connectivity index is 2.16. The summed E-state index contributed by atoms with van der Waals surface area (Å²) in [6, 6.07) is 1.40. The minimum atomic E-state index is -0.158. The fourth-order valence-corrected chi connectivity index (χ4v) is 1.71. The third-order valence-corrected chi connectivity index (χ3v) is 2.55. The van der Waals surface area contributed by atoms with Crippen molar-refractivity contribution in [2.24, 2.45) is 0 Å². The van der Waals surface area contributed by atoms with Crippen LogP contribution in [0.25, 0.3) is 11.4 Å². The molecule has 2 aromatic rings. The molecule has 5 nitrogen and oxygen atoms in total. The smallest absolute Gasteiger partial charge is 0.271 e. The van der Waals surface area contributed by atoms with E-state index < -0.39 is 0 Å². The Bertz CT molecular complexity index is 703. The Morgan fingerprint density at radius 2 is 2.24 bits per heavy atom. The van der Waals surface area contributed by atoms with Crippen LogP contribution in [-0.4, -0.2) is 19.6 Å². The summed E-state index contributed by atoms with van der Waals surface area (Å²) in [5.41, 5.74) is 0.869. The van der Waals surface area contributed by atoms with Crippen LogP contribution in [0.15, 0.2) is 47.4 Å². The third kappa shape index (κ3) is 1.71. The molecule has 2 heterocycles. The summed E-state index contributed by atoms with van der Waals surface area (Å²) in [5, 5.41) is 2.96. The van der Waals surface area contributed by atoms with E-state index in [0.29, 0.717) is 11.6 Å². The van der Waals surface area contributed by atoms with E-state index in [1.807, 2.05) is 30.4 Å². The van der Waals surface area contributed by atoms with Gasteiger partial charge in [0.1, 0.15) is 0 Å². The molecule has 2 aromatic heterocycles. The lowest BCUT2D eigenvalue weighted by Crippen LogP contribution is -2.12. The minimum absolute atomic E-state index is 0.158. The summed E-state index contributed by atoms with van der Waals surface area (Å²) >= 11 is 0. The lowest BCUT2D eigenvalue weighted by molar-refractivity contribution is 0.890. The number of nitrogens with zero attached hydrogens (tertiary/aromatic N) is 3. The number of aromatic nitrogens is 4. The third-order valence-electron chi connectivity index (χ3n) is 2.55. The molecule has 0 amide bonds. The van der Waals surface area contributed by atoms with Gasteiger partial charge in [-0.15, -0.1) is 0 Å². The number of allylic oxidation sites excluding steroid dienone is 6. The van der Waals surface area contributed by atoms with Gasteiger partial charge < -0.3 is 0 Å². The van der Waals surface area contributed by atoms with Gasteiger partial charge in [-0.05, 0) is 6.42 Å². The molecule has 0 saturated carbocycles. The maximum absolute atomic E-state index is 11.5. The molecule has 0 fully saturated rings. The highest BCUT2D eigenvalue weighted by atomic mass is 16.1. The number of hydrogen-bond acceptors (Lipinski definition) is 3. The molecule has 1 aliphatic rings. The SMILES string of the molecule is O=c1ccnc2nc(C3=CC=CC=CC3)[nH]n12. The van der Waals surface area contributed by atoms with Crippen LogP contribution in [0, 0.1) is 0 Å². The second-order valence-electron chi connectivity index (χ2n) is 3.70. The van der Waals surface area contributed by atoms with Crippen molar-refractivity contribution in [3.8, 4) is 0 Å². The molecule has 84 valence electrons. The normalized spacial score (nSPS) is 14.9. The van der Waals surface area contributed by atoms with Crippen LogP contribution in [0.5, 0.6) is 0 Å². The molecule has 0 aromatic carbocycles. The first-order valence-electron chi connectivity index (χ1n) is 5.31. The molecule has 1 N–H and O–H groups in total. The van der Waals surface area contributed by atoms with Gasteiger partial charge in [-0.25, -0.2) is 4.98 Å². The Morgan fingerprint density at radius 1 is 1.29 bits per heavy atom. The predicted octanol–water partition coefficient (Wildman–Crippen LogP) is 1.32. The van der Waals surface area contributed by atoms with Gasteiger partial charge in [-0.2, -0.15) is 9.50 Å². The van der Waals surface area contributed by atoms with E-state index >= 15 is 0 Å². The van der Waals surface area contributed by atoms with E-state index in [1.165, 1.54) is 16.8 Å². The van der Waals surface area contributed by atoms with Crippen molar-refractivity contribution in [2.75, 3.05) is 0 Å². The fraction of sp³-hybridized carbons (Fsp3) is 0.0833. The second kappa shape index (κ2) is 3.86. The molecule has 17 heavy (non-hydrogen) atoms. The minimum Gasteiger partial charge on any atom is -0.271 e. The molecule has 0 aliphatic heterocycles. The number of hydrogen-bond donors (Lipinski definition) is 1. The van der Waals surface area contributed by atoms with Crippen molar-refractivity contribution in [3.63, 3.8) is 0 Å². The summed E-state index contributed by atoms with van der Waals surface area (Å²) in [6.45, 7) is 0. The Labute approximate surface area is 96.8 Å². The molecular weight excluding hydrogens is 216 g/mol. The molecule has 0 radical (unpaired) electrons. The van der Waals surface area contributed by atoms with Crippen molar-refractivity contribution in [2.45, 2.75) is 6.42 Å². The number of rotatable bonds is 1. The highest BCUT2D eigenvalue weighted by Crippen LogP contribution is 2.17. The van der Waals surface area contributed by atoms with Crippen LogP contribution >= 0.6 is 0 Å². The lowest BCUT2D eigenvalue weighted by Gasteiger charge is -1.96. The van der Waals surface area contributed by atoms with Gasteiger partial charge >= 0.3 is 0 Å². The highest BCUT2D eigenvalue weighted by molar-refractivity contribution is 5.64. The van der Waals surface area contributed by atoms with Crippen LogP contribution in [0.1, 0.15) is 12.2 Å². The van der Waals surface area contributed by atoms with Gasteiger partial charge in [0, 0.05) is 17.8 Å². The average molecular weight is 226 g/mol. The summed E-state index contributed by atoms with van der Waals surface area (Å²) in [4.78, 5) is 19.9. The largest absolute Gasteiger partial charge is 0.273 e. The molecule has 0 saturated heterocycles. The van der Waals surface area contributed by atoms with Gasteiger partial charge in [0.05, 0.1) is 0 Å². The maximum atomic E-state index is 11.5. The van der Waals surface area contributed by atoms with Gasteiger partial charge in [0.25, 0.3) is 11.3 Å².